The van der Waals surface area contributed by atoms with Gasteiger partial charge in [0.15, 0.2) is 5.78 Å². The number of nitrogens with zero attached hydrogens (tertiary/aromatic N) is 2. The van der Waals surface area contributed by atoms with E-state index < -0.39 is 0 Å². The van der Waals surface area contributed by atoms with E-state index in [1.165, 1.54) is 13.0 Å². The maximum absolute atomic E-state index is 12.7. The topological polar surface area (TPSA) is 23.6 Å². The van der Waals surface area contributed by atoms with Crippen molar-refractivity contribution in [2.75, 3.05) is 33.7 Å². The molecule has 2 unspecified atom stereocenters. The van der Waals surface area contributed by atoms with Gasteiger partial charge in [-0.25, -0.2) is 0 Å². The third-order valence-electron chi connectivity index (χ3n) is 4.73. The Morgan fingerprint density at radius 2 is 2.14 bits per heavy atom. The molecule has 1 saturated heterocycles. The van der Waals surface area contributed by atoms with E-state index in [-0.39, 0.29) is 11.8 Å². The number of hydrogen-bond acceptors (Lipinski definition) is 3. The van der Waals surface area contributed by atoms with Gasteiger partial charge in [0, 0.05) is 18.7 Å². The summed E-state index contributed by atoms with van der Waals surface area (Å²) in [4.78, 5) is 17.3. The van der Waals surface area contributed by atoms with Gasteiger partial charge in [-0.05, 0) is 65.4 Å². The van der Waals surface area contributed by atoms with Gasteiger partial charge in [0.2, 0.25) is 0 Å². The number of carbonyl (C=O) groups excluding carboxylic acids is 1. The molecule has 3 nitrogen and oxygen atoms in total. The second kappa shape index (κ2) is 6.71. The molecule has 0 aromatic heterocycles. The summed E-state index contributed by atoms with van der Waals surface area (Å²) in [5.74, 6) is 0.930. The maximum Gasteiger partial charge on any atom is 0.179 e. The lowest BCUT2D eigenvalue weighted by molar-refractivity contribution is 0.0852. The number of Topliss-reactive ketones (excluding diaryl/α,β-unsaturated/α-hetero) is 1. The van der Waals surface area contributed by atoms with Gasteiger partial charge in [-0.3, -0.25) is 9.69 Å². The Kier molecular flexibility index (Phi) is 5.17. The smallest absolute Gasteiger partial charge is 0.179 e. The molecule has 1 heterocycles. The molecular weight excluding hydrogens is 260 g/mol. The first-order valence-corrected chi connectivity index (χ1v) is 7.88. The van der Waals surface area contributed by atoms with Crippen LogP contribution in [-0.2, 0) is 0 Å². The largest absolute Gasteiger partial charge is 0.306 e. The summed E-state index contributed by atoms with van der Waals surface area (Å²) in [7, 11) is 4.25. The van der Waals surface area contributed by atoms with Crippen LogP contribution >= 0.6 is 0 Å². The van der Waals surface area contributed by atoms with Crippen molar-refractivity contribution in [3.63, 3.8) is 0 Å². The maximum atomic E-state index is 12.7. The fourth-order valence-electron chi connectivity index (χ4n) is 3.17. The molecule has 0 saturated carbocycles. The number of benzene rings is 1. The van der Waals surface area contributed by atoms with Crippen LogP contribution in [0.25, 0.3) is 0 Å². The van der Waals surface area contributed by atoms with E-state index in [9.17, 15) is 4.79 Å². The minimum absolute atomic E-state index is 0.0589. The molecule has 3 heteroatoms. The summed E-state index contributed by atoms with van der Waals surface area (Å²) in [6.45, 7) is 9.42. The predicted octanol–water partition coefficient (Wildman–Crippen LogP) is 2.76. The molecule has 1 aliphatic rings. The molecule has 21 heavy (non-hydrogen) atoms. The third kappa shape index (κ3) is 3.92. The summed E-state index contributed by atoms with van der Waals surface area (Å²) >= 11 is 0. The highest BCUT2D eigenvalue weighted by atomic mass is 16.1. The molecule has 116 valence electrons. The van der Waals surface area contributed by atoms with Gasteiger partial charge >= 0.3 is 0 Å². The van der Waals surface area contributed by atoms with Crippen LogP contribution < -0.4 is 0 Å². The van der Waals surface area contributed by atoms with Crippen molar-refractivity contribution in [1.82, 2.24) is 9.80 Å². The zero-order valence-corrected chi connectivity index (χ0v) is 14.0. The van der Waals surface area contributed by atoms with Gasteiger partial charge in [-0.1, -0.05) is 17.7 Å². The quantitative estimate of drug-likeness (QED) is 0.778. The van der Waals surface area contributed by atoms with Crippen LogP contribution in [0.2, 0.25) is 0 Å². The highest BCUT2D eigenvalue weighted by molar-refractivity contribution is 6.01. The van der Waals surface area contributed by atoms with Crippen molar-refractivity contribution in [3.8, 4) is 0 Å². The van der Waals surface area contributed by atoms with Crippen LogP contribution in [0, 0.1) is 19.8 Å². The van der Waals surface area contributed by atoms with E-state index in [2.05, 4.69) is 30.0 Å². The first-order chi connectivity index (χ1) is 9.88. The van der Waals surface area contributed by atoms with E-state index in [0.717, 1.165) is 29.8 Å². The summed E-state index contributed by atoms with van der Waals surface area (Å²) in [6.07, 6.45) is 1.24. The van der Waals surface area contributed by atoms with Gasteiger partial charge < -0.3 is 4.90 Å². The van der Waals surface area contributed by atoms with Crippen molar-refractivity contribution in [2.24, 2.45) is 5.92 Å². The van der Waals surface area contributed by atoms with Gasteiger partial charge in [0.25, 0.3) is 0 Å². The lowest BCUT2D eigenvalue weighted by Crippen LogP contribution is -2.39. The van der Waals surface area contributed by atoms with Gasteiger partial charge in [0.05, 0.1) is 6.04 Å². The summed E-state index contributed by atoms with van der Waals surface area (Å²) in [6, 6.07) is 6.07. The highest BCUT2D eigenvalue weighted by Crippen LogP contribution is 2.19. The Balaban J connectivity index is 2.02. The lowest BCUT2D eigenvalue weighted by Gasteiger charge is -2.27. The van der Waals surface area contributed by atoms with Crippen LogP contribution in [0.3, 0.4) is 0 Å². The zero-order valence-electron chi connectivity index (χ0n) is 14.0. The first-order valence-electron chi connectivity index (χ1n) is 7.88. The molecule has 0 N–H and O–H groups in total. The standard InChI is InChI=1S/C18H28N2O/c1-13-6-7-14(2)17(10-13)18(21)15(3)20(5)12-16-8-9-19(4)11-16/h6-7,10,15-16H,8-9,11-12H2,1-5H3. The zero-order chi connectivity index (χ0) is 15.6. The van der Waals surface area contributed by atoms with E-state index in [4.69, 9.17) is 0 Å². The summed E-state index contributed by atoms with van der Waals surface area (Å²) < 4.78 is 0. The monoisotopic (exact) mass is 288 g/mol. The first kappa shape index (κ1) is 16.2. The van der Waals surface area contributed by atoms with E-state index >= 15 is 0 Å². The van der Waals surface area contributed by atoms with Crippen molar-refractivity contribution in [1.29, 1.82) is 0 Å². The number of likely N-dealkylation sites (N-methyl/N-ethyl adjacent to an activating group) is 1. The molecule has 1 aromatic carbocycles. The number of carbonyl (C=O) groups is 1. The molecule has 0 spiro atoms. The minimum Gasteiger partial charge on any atom is -0.306 e. The number of aryl methyl sites for hydroxylation is 2. The second-order valence-corrected chi connectivity index (χ2v) is 6.72. The Morgan fingerprint density at radius 1 is 1.43 bits per heavy atom. The van der Waals surface area contributed by atoms with Gasteiger partial charge in [-0.2, -0.15) is 0 Å². The summed E-state index contributed by atoms with van der Waals surface area (Å²) in [5, 5.41) is 0. The Bertz CT molecular complexity index is 512. The van der Waals surface area contributed by atoms with Crippen LogP contribution in [-0.4, -0.2) is 55.4 Å². The van der Waals surface area contributed by atoms with Crippen LogP contribution in [0.5, 0.6) is 0 Å². The van der Waals surface area contributed by atoms with Crippen molar-refractivity contribution in [3.05, 3.63) is 34.9 Å². The molecule has 0 aliphatic carbocycles. The molecule has 1 fully saturated rings. The minimum atomic E-state index is -0.0589. The van der Waals surface area contributed by atoms with Crippen molar-refractivity contribution < 1.29 is 4.79 Å². The molecule has 1 aliphatic heterocycles. The molecule has 0 bridgehead atoms. The van der Waals surface area contributed by atoms with Crippen molar-refractivity contribution in [2.45, 2.75) is 33.2 Å². The highest BCUT2D eigenvalue weighted by Gasteiger charge is 2.26. The number of ketones is 1. The molecule has 2 atom stereocenters. The second-order valence-electron chi connectivity index (χ2n) is 6.72. The molecule has 1 aromatic rings. The number of likely N-dealkylation sites (tertiary alicyclic amines) is 1. The Hall–Kier alpha value is -1.19. The van der Waals surface area contributed by atoms with E-state index in [0.29, 0.717) is 5.92 Å². The van der Waals surface area contributed by atoms with E-state index in [1.54, 1.807) is 0 Å². The van der Waals surface area contributed by atoms with E-state index in [1.807, 2.05) is 32.9 Å². The van der Waals surface area contributed by atoms with Gasteiger partial charge in [0.1, 0.15) is 0 Å². The number of hydrogen-bond donors (Lipinski definition) is 0. The lowest BCUT2D eigenvalue weighted by atomic mass is 9.97. The Morgan fingerprint density at radius 3 is 2.76 bits per heavy atom. The molecule has 0 amide bonds. The van der Waals surface area contributed by atoms with Crippen LogP contribution in [0.15, 0.2) is 18.2 Å². The van der Waals surface area contributed by atoms with Crippen molar-refractivity contribution >= 4 is 5.78 Å². The van der Waals surface area contributed by atoms with Gasteiger partial charge in [-0.15, -0.1) is 0 Å². The predicted molar refractivity (Wildman–Crippen MR) is 87.9 cm³/mol. The van der Waals surface area contributed by atoms with Crippen LogP contribution in [0.1, 0.15) is 34.8 Å². The molecule has 0 radical (unpaired) electrons. The average Bonchev–Trinajstić information content (AvgIpc) is 2.85. The summed E-state index contributed by atoms with van der Waals surface area (Å²) in [5.41, 5.74) is 3.10. The fourth-order valence-corrected chi connectivity index (χ4v) is 3.17. The number of rotatable bonds is 5. The average molecular weight is 288 g/mol. The van der Waals surface area contributed by atoms with Crippen LogP contribution in [0.4, 0.5) is 0 Å². The normalized spacial score (nSPS) is 21.0. The Labute approximate surface area is 128 Å². The molecule has 2 rings (SSSR count). The fraction of sp³-hybridized carbons (Fsp3) is 0.611. The third-order valence-corrected chi connectivity index (χ3v) is 4.73. The SMILES string of the molecule is Cc1ccc(C)c(C(=O)C(C)N(C)CC2CCN(C)C2)c1. The molecular formula is C18H28N2O.